The molecule has 14 nitrogen and oxygen atoms in total. The van der Waals surface area contributed by atoms with E-state index in [1.807, 2.05) is 218 Å². The van der Waals surface area contributed by atoms with Crippen molar-refractivity contribution in [2.24, 2.45) is 0 Å². The zero-order valence-electron chi connectivity index (χ0n) is 59.1. The van der Waals surface area contributed by atoms with Crippen LogP contribution in [0.5, 0.6) is 5.75 Å². The third-order valence-electron chi connectivity index (χ3n) is 19.9. The molecule has 14 heteroatoms. The number of carbonyl (C=O) groups excluding carboxylic acids is 4. The molecule has 14 aromatic rings. The van der Waals surface area contributed by atoms with Crippen LogP contribution in [0.25, 0.3) is 160 Å². The minimum absolute atomic E-state index is 0.279. The highest BCUT2D eigenvalue weighted by Crippen LogP contribution is 2.41. The Balaban J connectivity index is 0.000000101. The van der Waals surface area contributed by atoms with Gasteiger partial charge in [0.15, 0.2) is 0 Å². The van der Waals surface area contributed by atoms with Crippen LogP contribution in [-0.4, -0.2) is 78.4 Å². The summed E-state index contributed by atoms with van der Waals surface area (Å²) in [6.07, 6.45) is 28.1. The molecule has 0 saturated heterocycles. The molecule has 0 aromatic heterocycles. The lowest BCUT2D eigenvalue weighted by molar-refractivity contribution is -0.131. The second-order valence-corrected chi connectivity index (χ2v) is 26.2. The van der Waals surface area contributed by atoms with Crippen molar-refractivity contribution < 1.29 is 67.8 Å². The molecule has 0 amide bonds. The lowest BCUT2D eigenvalue weighted by Gasteiger charge is -2.07. The van der Waals surface area contributed by atoms with Gasteiger partial charge in [-0.25, -0.2) is 28.8 Å². The fourth-order valence-corrected chi connectivity index (χ4v) is 15.0. The van der Waals surface area contributed by atoms with Crippen molar-refractivity contribution in [2.45, 2.75) is 6.92 Å². The highest BCUT2D eigenvalue weighted by Gasteiger charge is 2.23. The number of ether oxygens (including phenoxy) is 4. The zero-order chi connectivity index (χ0) is 75.7. The molecular weight excluding hydrogens is 1370 g/mol. The number of carbonyl (C=O) groups is 7. The Kier molecular flexibility index (Phi) is 19.0. The van der Waals surface area contributed by atoms with Crippen LogP contribution in [0.15, 0.2) is 212 Å². The largest absolute Gasteiger partial charge is 0.478 e. The van der Waals surface area contributed by atoms with E-state index in [-0.39, 0.29) is 23.9 Å². The van der Waals surface area contributed by atoms with Crippen LogP contribution in [0, 0.1) is 0 Å². The van der Waals surface area contributed by atoms with Gasteiger partial charge in [-0.05, 0) is 208 Å². The van der Waals surface area contributed by atoms with Crippen LogP contribution < -0.4 is 4.74 Å². The zero-order valence-corrected chi connectivity index (χ0v) is 59.1. The Morgan fingerprint density at radius 3 is 1.05 bits per heavy atom. The fourth-order valence-electron chi connectivity index (χ4n) is 15.0. The van der Waals surface area contributed by atoms with Gasteiger partial charge in [-0.1, -0.05) is 237 Å². The molecule has 0 bridgehead atoms. The summed E-state index contributed by atoms with van der Waals surface area (Å²) in [5.74, 6) is -3.11. The summed E-state index contributed by atoms with van der Waals surface area (Å²) in [6.45, 7) is 1.42. The molecule has 109 heavy (non-hydrogen) atoms. The molecule has 0 saturated carbocycles. The smallest absolute Gasteiger partial charge is 0.338 e. The van der Waals surface area contributed by atoms with Gasteiger partial charge in [0, 0.05) is 12.5 Å². The van der Waals surface area contributed by atoms with Crippen molar-refractivity contribution in [3.63, 3.8) is 0 Å². The summed E-state index contributed by atoms with van der Waals surface area (Å²) in [5.41, 5.74) is 18.2. The topological polar surface area (TPSA) is 217 Å². The molecular formula is C95H64O14. The van der Waals surface area contributed by atoms with Crippen LogP contribution in [0.4, 0.5) is 0 Å². The summed E-state index contributed by atoms with van der Waals surface area (Å²) in [6, 6.07) is 67.6. The van der Waals surface area contributed by atoms with Gasteiger partial charge in [-0.2, -0.15) is 0 Å². The number of carboxylic acid groups (broad SMARTS) is 3. The van der Waals surface area contributed by atoms with Crippen molar-refractivity contribution in [2.75, 3.05) is 21.3 Å². The van der Waals surface area contributed by atoms with Gasteiger partial charge in [-0.15, -0.1) is 0 Å². The Bertz CT molecular complexity index is 6490. The lowest BCUT2D eigenvalue weighted by atomic mass is 9.99. The van der Waals surface area contributed by atoms with E-state index in [1.165, 1.54) is 77.8 Å². The predicted octanol–water partition coefficient (Wildman–Crippen LogP) is 21.6. The second-order valence-electron chi connectivity index (χ2n) is 26.2. The molecule has 21 rings (SSSR count). The SMILES string of the molecule is CC(=O)Oc1ccc2cccc3c2c1C=C3.COC(=O)c1cc2c3c(cccc3c1)C=C2.COC(=O)c1ccc2c3c(cccc13)C=C2.COC(=O)c1ccc2cccc3c2c1C=C3.O=C(O)c1cc2c3c(cccc3c1)C=C2.O=C(O)c1ccc2c3c(cccc13)C=C2.O=C(O)c1ccc2cccc3c2c1C=C3. The van der Waals surface area contributed by atoms with Crippen molar-refractivity contribution in [1.82, 2.24) is 0 Å². The Labute approximate surface area is 624 Å². The van der Waals surface area contributed by atoms with Crippen LogP contribution >= 0.6 is 0 Å². The molecule has 0 radical (unpaired) electrons. The van der Waals surface area contributed by atoms with Crippen LogP contribution in [0.1, 0.15) is 147 Å². The summed E-state index contributed by atoms with van der Waals surface area (Å²) >= 11 is 0. The van der Waals surface area contributed by atoms with Gasteiger partial charge in [0.1, 0.15) is 5.75 Å². The molecule has 0 unspecified atom stereocenters. The maximum atomic E-state index is 11.6. The number of hydrogen-bond acceptors (Lipinski definition) is 11. The van der Waals surface area contributed by atoms with Gasteiger partial charge < -0.3 is 34.3 Å². The van der Waals surface area contributed by atoms with Crippen LogP contribution in [-0.2, 0) is 19.0 Å². The summed E-state index contributed by atoms with van der Waals surface area (Å²) in [7, 11) is 4.21. The van der Waals surface area contributed by atoms with E-state index in [0.29, 0.717) is 39.1 Å². The fraction of sp³-hybridized carbons (Fsp3) is 0.0421. The van der Waals surface area contributed by atoms with E-state index in [1.54, 1.807) is 24.3 Å². The standard InChI is InChI=1S/4C14H10O2.3C13H8O2/c1-16-14(15)12-8-6-10-4-2-3-9-5-7-11(12)13(9)10;1-9(15)16-13-8-6-11-4-2-3-10-5-7-12(13)14(10)11;1-16-14(15)12-7-10-4-2-3-9-5-6-11(8-12)13(9)10;1-16-14(15)12-8-7-10-6-5-9-3-2-4-11(12)13(9)10;14-13(15)11-7-5-9-3-1-2-8-4-6-10(11)12(8)9;14-13(15)11-6-9-3-1-2-8-4-5-10(7-11)12(8)9;14-13(15)11-7-6-9-5-4-8-2-1-3-10(11)12(8)9/h4*2-8H,1H3;3*1-7H,(H,14,15). The van der Waals surface area contributed by atoms with E-state index in [4.69, 9.17) is 34.3 Å². The van der Waals surface area contributed by atoms with Gasteiger partial charge in [0.25, 0.3) is 0 Å². The third kappa shape index (κ3) is 13.4. The number of hydrogen-bond donors (Lipinski definition) is 3. The first-order valence-corrected chi connectivity index (χ1v) is 34.8. The lowest BCUT2D eigenvalue weighted by Crippen LogP contribution is -2.03. The van der Waals surface area contributed by atoms with Crippen LogP contribution in [0.3, 0.4) is 0 Å². The summed E-state index contributed by atoms with van der Waals surface area (Å²) in [5, 5.41) is 42.3. The maximum Gasteiger partial charge on any atom is 0.338 e. The van der Waals surface area contributed by atoms with Crippen molar-refractivity contribution in [3.05, 3.63) is 324 Å². The number of methoxy groups -OCH3 is 3. The minimum atomic E-state index is -0.876. The van der Waals surface area contributed by atoms with E-state index in [9.17, 15) is 33.6 Å². The molecule has 14 aromatic carbocycles. The minimum Gasteiger partial charge on any atom is -0.478 e. The molecule has 0 spiro atoms. The number of carboxylic acids is 3. The first-order valence-electron chi connectivity index (χ1n) is 34.8. The number of aromatic carboxylic acids is 3. The van der Waals surface area contributed by atoms with Gasteiger partial charge >= 0.3 is 41.8 Å². The average molecular weight is 1430 g/mol. The monoisotopic (exact) mass is 1430 g/mol. The highest BCUT2D eigenvalue weighted by molar-refractivity contribution is 6.17. The molecule has 0 heterocycles. The van der Waals surface area contributed by atoms with Gasteiger partial charge in [0.05, 0.1) is 54.7 Å². The third-order valence-corrected chi connectivity index (χ3v) is 19.9. The van der Waals surface area contributed by atoms with Crippen LogP contribution in [0.2, 0.25) is 0 Å². The van der Waals surface area contributed by atoms with E-state index < -0.39 is 17.9 Å². The Hall–Kier alpha value is -14.6. The predicted molar refractivity (Wildman–Crippen MR) is 436 cm³/mol. The molecule has 3 N–H and O–H groups in total. The molecule has 528 valence electrons. The van der Waals surface area contributed by atoms with Crippen molar-refractivity contribution in [3.8, 4) is 5.75 Å². The molecule has 7 aliphatic carbocycles. The number of benzene rings is 14. The quantitative estimate of drug-likeness (QED) is 0.0769. The van der Waals surface area contributed by atoms with Gasteiger partial charge in [0.2, 0.25) is 0 Å². The van der Waals surface area contributed by atoms with E-state index in [2.05, 4.69) is 54.6 Å². The summed E-state index contributed by atoms with van der Waals surface area (Å²) in [4.78, 5) is 78.7. The highest BCUT2D eigenvalue weighted by atomic mass is 16.5. The molecule has 0 fully saturated rings. The molecule has 0 atom stereocenters. The van der Waals surface area contributed by atoms with Crippen molar-refractivity contribution in [1.29, 1.82) is 0 Å². The second kappa shape index (κ2) is 29.5. The number of esters is 4. The molecule has 7 aliphatic rings. The van der Waals surface area contributed by atoms with Gasteiger partial charge in [-0.3, -0.25) is 4.79 Å². The average Bonchev–Trinajstić information content (AvgIpc) is 1.73. The number of rotatable bonds is 7. The Morgan fingerprint density at radius 1 is 0.257 bits per heavy atom. The Morgan fingerprint density at radius 2 is 0.587 bits per heavy atom. The van der Waals surface area contributed by atoms with E-state index in [0.717, 1.165) is 104 Å². The van der Waals surface area contributed by atoms with Crippen molar-refractivity contribution >= 4 is 202 Å². The normalized spacial score (nSPS) is 12.1. The first-order chi connectivity index (χ1) is 53.0. The van der Waals surface area contributed by atoms with E-state index >= 15 is 0 Å². The maximum absolute atomic E-state index is 11.6. The summed E-state index contributed by atoms with van der Waals surface area (Å²) < 4.78 is 19.5. The molecule has 0 aliphatic heterocycles. The first kappa shape index (κ1) is 70.1.